The Morgan fingerprint density at radius 3 is 2.56 bits per heavy atom. The number of ether oxygens (including phenoxy) is 1. The van der Waals surface area contributed by atoms with Gasteiger partial charge in [0.25, 0.3) is 10.0 Å². The highest BCUT2D eigenvalue weighted by Gasteiger charge is 2.33. The minimum Gasteiger partial charge on any atom is -0.495 e. The Morgan fingerprint density at radius 2 is 1.81 bits per heavy atom. The number of halogens is 1. The lowest BCUT2D eigenvalue weighted by atomic mass is 10.0. The van der Waals surface area contributed by atoms with E-state index in [1.165, 1.54) is 23.5 Å². The summed E-state index contributed by atoms with van der Waals surface area (Å²) in [6.07, 6.45) is 4.02. The molecule has 0 spiro atoms. The lowest BCUT2D eigenvalue weighted by Crippen LogP contribution is -2.29. The Hall–Kier alpha value is -2.93. The summed E-state index contributed by atoms with van der Waals surface area (Å²) in [5.74, 6) is -0.500. The van der Waals surface area contributed by atoms with Gasteiger partial charge in [0.05, 0.1) is 12.8 Å². The standard InChI is InChI=1S/C20H17FN2O3S/c1-26-19-5-3-17(21)13-20(19)27(24,25)23-11-8-16-12-15(2-4-18(16)23)14-6-9-22-10-7-14/h2-7,9-10,12-13H,8,11H2,1H3. The summed E-state index contributed by atoms with van der Waals surface area (Å²) < 4.78 is 46.5. The summed E-state index contributed by atoms with van der Waals surface area (Å²) >= 11 is 0. The summed E-state index contributed by atoms with van der Waals surface area (Å²) in [5, 5.41) is 0. The van der Waals surface area contributed by atoms with E-state index in [4.69, 9.17) is 4.74 Å². The normalized spacial score (nSPS) is 13.5. The van der Waals surface area contributed by atoms with Gasteiger partial charge in [-0.2, -0.15) is 0 Å². The van der Waals surface area contributed by atoms with Gasteiger partial charge in [-0.25, -0.2) is 12.8 Å². The number of aromatic nitrogens is 1. The number of rotatable bonds is 4. The summed E-state index contributed by atoms with van der Waals surface area (Å²) in [6.45, 7) is 0.303. The van der Waals surface area contributed by atoms with E-state index in [-0.39, 0.29) is 10.6 Å². The van der Waals surface area contributed by atoms with Gasteiger partial charge in [-0.15, -0.1) is 0 Å². The number of pyridine rings is 1. The maximum Gasteiger partial charge on any atom is 0.268 e. The van der Waals surface area contributed by atoms with Crippen molar-refractivity contribution in [3.05, 3.63) is 72.3 Å². The first-order chi connectivity index (χ1) is 13.0. The molecule has 27 heavy (non-hydrogen) atoms. The number of fused-ring (bicyclic) bond motifs is 1. The Kier molecular flexibility index (Phi) is 4.31. The van der Waals surface area contributed by atoms with Crippen molar-refractivity contribution in [2.75, 3.05) is 18.0 Å². The van der Waals surface area contributed by atoms with Gasteiger partial charge in [-0.05, 0) is 65.6 Å². The second-order valence-corrected chi connectivity index (χ2v) is 8.03. The predicted octanol–water partition coefficient (Wildman–Crippen LogP) is 3.65. The number of anilines is 1. The van der Waals surface area contributed by atoms with Crippen LogP contribution in [0.15, 0.2) is 65.8 Å². The molecule has 3 aromatic rings. The molecule has 0 N–H and O–H groups in total. The van der Waals surface area contributed by atoms with Crippen molar-refractivity contribution in [1.82, 2.24) is 4.98 Å². The fraction of sp³-hybridized carbons (Fsp3) is 0.150. The predicted molar refractivity (Wildman–Crippen MR) is 101 cm³/mol. The van der Waals surface area contributed by atoms with Crippen molar-refractivity contribution in [1.29, 1.82) is 0 Å². The molecule has 2 aromatic carbocycles. The molecular formula is C20H17FN2O3S. The molecular weight excluding hydrogens is 367 g/mol. The Labute approximate surface area is 157 Å². The van der Waals surface area contributed by atoms with Crippen molar-refractivity contribution in [2.45, 2.75) is 11.3 Å². The van der Waals surface area contributed by atoms with E-state index in [9.17, 15) is 12.8 Å². The van der Waals surface area contributed by atoms with Crippen LogP contribution in [0.25, 0.3) is 11.1 Å². The number of hydrogen-bond acceptors (Lipinski definition) is 4. The first kappa shape index (κ1) is 17.5. The van der Waals surface area contributed by atoms with Crippen LogP contribution in [0.1, 0.15) is 5.56 Å². The SMILES string of the molecule is COc1ccc(F)cc1S(=O)(=O)N1CCc2cc(-c3ccncc3)ccc21. The van der Waals surface area contributed by atoms with Crippen LogP contribution in [-0.4, -0.2) is 27.1 Å². The molecule has 1 aliphatic heterocycles. The molecule has 1 aliphatic rings. The second kappa shape index (κ2) is 6.66. The van der Waals surface area contributed by atoms with Crippen LogP contribution in [0.2, 0.25) is 0 Å². The molecule has 0 radical (unpaired) electrons. The summed E-state index contributed by atoms with van der Waals surface area (Å²) in [4.78, 5) is 3.84. The van der Waals surface area contributed by atoms with E-state index in [0.717, 1.165) is 22.8 Å². The molecule has 0 fully saturated rings. The van der Waals surface area contributed by atoms with Gasteiger partial charge in [-0.1, -0.05) is 6.07 Å². The lowest BCUT2D eigenvalue weighted by Gasteiger charge is -2.21. The molecule has 0 bridgehead atoms. The quantitative estimate of drug-likeness (QED) is 0.689. The molecule has 0 aliphatic carbocycles. The molecule has 0 atom stereocenters. The minimum absolute atomic E-state index is 0.123. The van der Waals surface area contributed by atoms with Crippen molar-refractivity contribution in [3.63, 3.8) is 0 Å². The molecule has 5 nitrogen and oxygen atoms in total. The average molecular weight is 384 g/mol. The third-order valence-corrected chi connectivity index (χ3v) is 6.47. The van der Waals surface area contributed by atoms with Crippen LogP contribution in [0.3, 0.4) is 0 Å². The van der Waals surface area contributed by atoms with Gasteiger partial charge in [0.2, 0.25) is 0 Å². The van der Waals surface area contributed by atoms with Gasteiger partial charge in [-0.3, -0.25) is 9.29 Å². The highest BCUT2D eigenvalue weighted by molar-refractivity contribution is 7.93. The van der Waals surface area contributed by atoms with Gasteiger partial charge in [0.1, 0.15) is 16.5 Å². The summed E-state index contributed by atoms with van der Waals surface area (Å²) in [6, 6.07) is 13.0. The van der Waals surface area contributed by atoms with E-state index in [2.05, 4.69) is 4.98 Å². The van der Waals surface area contributed by atoms with E-state index >= 15 is 0 Å². The smallest absolute Gasteiger partial charge is 0.268 e. The van der Waals surface area contributed by atoms with Gasteiger partial charge in [0, 0.05) is 18.9 Å². The van der Waals surface area contributed by atoms with Crippen LogP contribution in [0, 0.1) is 5.82 Å². The number of sulfonamides is 1. The van der Waals surface area contributed by atoms with Crippen molar-refractivity contribution >= 4 is 15.7 Å². The highest BCUT2D eigenvalue weighted by atomic mass is 32.2. The monoisotopic (exact) mass is 384 g/mol. The fourth-order valence-corrected chi connectivity index (χ4v) is 4.99. The third-order valence-electron chi connectivity index (χ3n) is 4.64. The molecule has 0 saturated heterocycles. The molecule has 4 rings (SSSR count). The first-order valence-corrected chi connectivity index (χ1v) is 9.84. The largest absolute Gasteiger partial charge is 0.495 e. The van der Waals surface area contributed by atoms with E-state index in [1.807, 2.05) is 24.3 Å². The van der Waals surface area contributed by atoms with Crippen molar-refractivity contribution in [3.8, 4) is 16.9 Å². The molecule has 0 unspecified atom stereocenters. The van der Waals surface area contributed by atoms with Gasteiger partial charge >= 0.3 is 0 Å². The highest BCUT2D eigenvalue weighted by Crippen LogP contribution is 2.37. The van der Waals surface area contributed by atoms with Gasteiger partial charge < -0.3 is 4.74 Å². The lowest BCUT2D eigenvalue weighted by molar-refractivity contribution is 0.401. The Balaban J connectivity index is 1.75. The van der Waals surface area contributed by atoms with Crippen LogP contribution >= 0.6 is 0 Å². The summed E-state index contributed by atoms with van der Waals surface area (Å²) in [5.41, 5.74) is 3.56. The molecule has 7 heteroatoms. The number of hydrogen-bond donors (Lipinski definition) is 0. The van der Waals surface area contributed by atoms with Gasteiger partial charge in [0.15, 0.2) is 0 Å². The zero-order valence-corrected chi connectivity index (χ0v) is 15.4. The molecule has 1 aromatic heterocycles. The fourth-order valence-electron chi connectivity index (χ4n) is 3.32. The maximum atomic E-state index is 13.7. The average Bonchev–Trinajstić information content (AvgIpc) is 3.12. The van der Waals surface area contributed by atoms with Crippen molar-refractivity contribution in [2.24, 2.45) is 0 Å². The second-order valence-electron chi connectivity index (χ2n) is 6.20. The minimum atomic E-state index is -3.94. The van der Waals surface area contributed by atoms with Crippen molar-refractivity contribution < 1.29 is 17.5 Å². The third kappa shape index (κ3) is 3.04. The molecule has 0 amide bonds. The van der Waals surface area contributed by atoms with E-state index < -0.39 is 15.8 Å². The Morgan fingerprint density at radius 1 is 1.04 bits per heavy atom. The van der Waals surface area contributed by atoms with Crippen LogP contribution in [0.5, 0.6) is 5.75 Å². The van der Waals surface area contributed by atoms with Crippen LogP contribution in [0.4, 0.5) is 10.1 Å². The Bertz CT molecular complexity index is 1100. The maximum absolute atomic E-state index is 13.7. The van der Waals surface area contributed by atoms with Crippen LogP contribution in [-0.2, 0) is 16.4 Å². The van der Waals surface area contributed by atoms with E-state index in [1.54, 1.807) is 18.5 Å². The molecule has 138 valence electrons. The molecule has 2 heterocycles. The number of benzene rings is 2. The number of nitrogens with zero attached hydrogens (tertiary/aromatic N) is 2. The molecule has 0 saturated carbocycles. The summed E-state index contributed by atoms with van der Waals surface area (Å²) in [7, 11) is -2.57. The first-order valence-electron chi connectivity index (χ1n) is 8.40. The zero-order valence-electron chi connectivity index (χ0n) is 14.6. The topological polar surface area (TPSA) is 59.5 Å². The zero-order chi connectivity index (χ0) is 19.0. The van der Waals surface area contributed by atoms with Crippen LogP contribution < -0.4 is 9.04 Å². The number of methoxy groups -OCH3 is 1. The van der Waals surface area contributed by atoms with E-state index in [0.29, 0.717) is 18.7 Å².